The zero-order valence-corrected chi connectivity index (χ0v) is 6.42. The van der Waals surface area contributed by atoms with Gasteiger partial charge in [0.15, 0.2) is 0 Å². The number of aliphatic carboxylic acids is 1. The van der Waals surface area contributed by atoms with E-state index in [1.54, 1.807) is 0 Å². The van der Waals surface area contributed by atoms with Gasteiger partial charge in [0.05, 0.1) is 13.3 Å². The molecule has 0 unspecified atom stereocenters. The number of hydrogen-bond acceptors (Lipinski definition) is 4. The fourth-order valence-corrected chi connectivity index (χ4v) is 0.815. The molecular formula is C5H11NO3S. The van der Waals surface area contributed by atoms with Crippen LogP contribution in [-0.2, 0) is 4.79 Å². The number of carboxylic acids is 1. The first-order valence-corrected chi connectivity index (χ1v) is 3.49. The number of aliphatic hydroxyl groups is 1. The van der Waals surface area contributed by atoms with Gasteiger partial charge in [-0.15, -0.1) is 0 Å². The van der Waals surface area contributed by atoms with Crippen LogP contribution in [0.1, 0.15) is 0 Å². The Hall–Kier alpha value is -0.260. The lowest BCUT2D eigenvalue weighted by atomic mass is 10.5. The highest BCUT2D eigenvalue weighted by atomic mass is 32.1. The molecule has 0 rings (SSSR count). The second-order valence-electron chi connectivity index (χ2n) is 1.81. The van der Waals surface area contributed by atoms with Crippen LogP contribution in [0.2, 0.25) is 0 Å². The second kappa shape index (κ2) is 5.52. The summed E-state index contributed by atoms with van der Waals surface area (Å²) in [4.78, 5) is 11.4. The molecule has 0 fully saturated rings. The van der Waals surface area contributed by atoms with Crippen molar-refractivity contribution >= 4 is 18.6 Å². The van der Waals surface area contributed by atoms with Gasteiger partial charge in [0.2, 0.25) is 0 Å². The van der Waals surface area contributed by atoms with Crippen LogP contribution in [0.15, 0.2) is 0 Å². The number of thiol groups is 1. The fourth-order valence-electron chi connectivity index (χ4n) is 0.532. The molecule has 0 heterocycles. The Morgan fingerprint density at radius 3 is 2.50 bits per heavy atom. The van der Waals surface area contributed by atoms with Crippen molar-refractivity contribution in [1.82, 2.24) is 4.90 Å². The van der Waals surface area contributed by atoms with E-state index >= 15 is 0 Å². The van der Waals surface area contributed by atoms with Crippen LogP contribution in [-0.4, -0.2) is 46.7 Å². The molecule has 0 saturated heterocycles. The van der Waals surface area contributed by atoms with Crippen LogP contribution in [0.25, 0.3) is 0 Å². The van der Waals surface area contributed by atoms with Crippen molar-refractivity contribution in [2.75, 3.05) is 25.6 Å². The van der Waals surface area contributed by atoms with Crippen LogP contribution in [0, 0.1) is 0 Å². The molecule has 0 amide bonds. The lowest BCUT2D eigenvalue weighted by Crippen LogP contribution is -2.32. The van der Waals surface area contributed by atoms with Gasteiger partial charge in [0.1, 0.15) is 0 Å². The monoisotopic (exact) mass is 165 g/mol. The molecule has 0 aromatic carbocycles. The average molecular weight is 165 g/mol. The van der Waals surface area contributed by atoms with Crippen LogP contribution >= 0.6 is 12.6 Å². The molecule has 10 heavy (non-hydrogen) atoms. The Bertz CT molecular complexity index is 109. The van der Waals surface area contributed by atoms with Crippen molar-refractivity contribution in [2.24, 2.45) is 0 Å². The Morgan fingerprint density at radius 2 is 2.20 bits per heavy atom. The number of rotatable bonds is 5. The van der Waals surface area contributed by atoms with Crippen molar-refractivity contribution in [3.8, 4) is 0 Å². The van der Waals surface area contributed by atoms with Crippen LogP contribution < -0.4 is 0 Å². The number of hydrogen-bond donors (Lipinski definition) is 3. The van der Waals surface area contributed by atoms with Gasteiger partial charge in [0.25, 0.3) is 0 Å². The van der Waals surface area contributed by atoms with E-state index in [2.05, 4.69) is 12.6 Å². The molecule has 0 saturated carbocycles. The summed E-state index contributed by atoms with van der Waals surface area (Å²) in [6.45, 7) is 0.135. The van der Waals surface area contributed by atoms with Crippen molar-refractivity contribution in [1.29, 1.82) is 0 Å². The summed E-state index contributed by atoms with van der Waals surface area (Å²) in [6.07, 6.45) is 0. The minimum absolute atomic E-state index is 0.128. The van der Waals surface area contributed by atoms with Gasteiger partial charge < -0.3 is 10.2 Å². The summed E-state index contributed by atoms with van der Waals surface area (Å²) >= 11 is 3.89. The van der Waals surface area contributed by atoms with E-state index in [1.807, 2.05) is 0 Å². The molecule has 0 spiro atoms. The smallest absolute Gasteiger partial charge is 0.317 e. The van der Waals surface area contributed by atoms with Gasteiger partial charge in [-0.3, -0.25) is 9.69 Å². The fraction of sp³-hybridized carbons (Fsp3) is 0.800. The van der Waals surface area contributed by atoms with E-state index in [-0.39, 0.29) is 13.3 Å². The normalized spacial score (nSPS) is 10.3. The third kappa shape index (κ3) is 4.60. The van der Waals surface area contributed by atoms with E-state index in [9.17, 15) is 4.79 Å². The van der Waals surface area contributed by atoms with Crippen molar-refractivity contribution in [2.45, 2.75) is 0 Å². The second-order valence-corrected chi connectivity index (χ2v) is 2.26. The van der Waals surface area contributed by atoms with Crippen LogP contribution in [0.4, 0.5) is 0 Å². The van der Waals surface area contributed by atoms with Crippen molar-refractivity contribution in [3.05, 3.63) is 0 Å². The Kier molecular flexibility index (Phi) is 5.38. The highest BCUT2D eigenvalue weighted by Crippen LogP contribution is 1.86. The van der Waals surface area contributed by atoms with Gasteiger partial charge in [-0.05, 0) is 0 Å². The van der Waals surface area contributed by atoms with Gasteiger partial charge >= 0.3 is 5.97 Å². The summed E-state index contributed by atoms with van der Waals surface area (Å²) in [5.41, 5.74) is 0. The third-order valence-electron chi connectivity index (χ3n) is 0.975. The van der Waals surface area contributed by atoms with E-state index < -0.39 is 5.97 Å². The molecule has 0 aromatic rings. The molecule has 0 radical (unpaired) electrons. The molecule has 4 nitrogen and oxygen atoms in total. The Labute approximate surface area is 64.9 Å². The SMILES string of the molecule is O=C(O)CN(CO)CCS. The van der Waals surface area contributed by atoms with E-state index in [4.69, 9.17) is 10.2 Å². The number of carbonyl (C=O) groups is 1. The van der Waals surface area contributed by atoms with Crippen LogP contribution in [0.5, 0.6) is 0 Å². The quantitative estimate of drug-likeness (QED) is 0.370. The van der Waals surface area contributed by atoms with E-state index in [1.165, 1.54) is 4.90 Å². The summed E-state index contributed by atoms with van der Waals surface area (Å²) in [7, 11) is 0. The van der Waals surface area contributed by atoms with Gasteiger partial charge in [-0.1, -0.05) is 0 Å². The molecule has 0 aliphatic rings. The molecule has 0 atom stereocenters. The summed E-state index contributed by atoms with van der Waals surface area (Å²) in [5, 5.41) is 16.8. The van der Waals surface area contributed by atoms with Gasteiger partial charge in [-0.2, -0.15) is 12.6 Å². The van der Waals surface area contributed by atoms with Crippen molar-refractivity contribution < 1.29 is 15.0 Å². The largest absolute Gasteiger partial charge is 0.480 e. The molecule has 2 N–H and O–H groups in total. The predicted molar refractivity (Wildman–Crippen MR) is 40.1 cm³/mol. The first kappa shape index (κ1) is 9.74. The van der Waals surface area contributed by atoms with E-state index in [0.29, 0.717) is 12.3 Å². The highest BCUT2D eigenvalue weighted by Gasteiger charge is 2.05. The van der Waals surface area contributed by atoms with Crippen molar-refractivity contribution in [3.63, 3.8) is 0 Å². The summed E-state index contributed by atoms with van der Waals surface area (Å²) in [6, 6.07) is 0. The minimum atomic E-state index is -0.934. The number of carboxylic acid groups (broad SMARTS) is 1. The Balaban J connectivity index is 3.49. The maximum Gasteiger partial charge on any atom is 0.317 e. The minimum Gasteiger partial charge on any atom is -0.480 e. The molecule has 0 aliphatic heterocycles. The zero-order chi connectivity index (χ0) is 7.98. The maximum atomic E-state index is 10.1. The zero-order valence-electron chi connectivity index (χ0n) is 5.53. The van der Waals surface area contributed by atoms with Crippen LogP contribution in [0.3, 0.4) is 0 Å². The first-order valence-electron chi connectivity index (χ1n) is 2.86. The van der Waals surface area contributed by atoms with Gasteiger partial charge in [-0.25, -0.2) is 0 Å². The summed E-state index contributed by atoms with van der Waals surface area (Å²) in [5.74, 6) is -0.385. The average Bonchev–Trinajstić information content (AvgIpc) is 1.86. The summed E-state index contributed by atoms with van der Waals surface area (Å²) < 4.78 is 0. The first-order chi connectivity index (χ1) is 4.70. The predicted octanol–water partition coefficient (Wildman–Crippen LogP) is -0.747. The maximum absolute atomic E-state index is 10.1. The highest BCUT2D eigenvalue weighted by molar-refractivity contribution is 7.80. The standard InChI is InChI=1S/C5H11NO3S/c7-4-6(1-2-10)3-5(8)9/h7,10H,1-4H2,(H,8,9). The van der Waals surface area contributed by atoms with E-state index in [0.717, 1.165) is 0 Å². The Morgan fingerprint density at radius 1 is 1.60 bits per heavy atom. The molecule has 0 aromatic heterocycles. The molecule has 5 heteroatoms. The number of nitrogens with zero attached hydrogens (tertiary/aromatic N) is 1. The van der Waals surface area contributed by atoms with Gasteiger partial charge in [0, 0.05) is 12.3 Å². The molecular weight excluding hydrogens is 154 g/mol. The lowest BCUT2D eigenvalue weighted by molar-refractivity contribution is -0.139. The number of aliphatic hydroxyl groups excluding tert-OH is 1. The molecule has 0 aliphatic carbocycles. The lowest BCUT2D eigenvalue weighted by Gasteiger charge is -2.14. The molecule has 60 valence electrons. The molecule has 0 bridgehead atoms. The topological polar surface area (TPSA) is 60.8 Å². The third-order valence-corrected chi connectivity index (χ3v) is 1.18.